The minimum Gasteiger partial charge on any atom is -0.508 e. The number of phenolic OH excluding ortho intramolecular Hbond substituents is 1. The summed E-state index contributed by atoms with van der Waals surface area (Å²) in [5.74, 6) is 0.186. The third-order valence-corrected chi connectivity index (χ3v) is 6.34. The summed E-state index contributed by atoms with van der Waals surface area (Å²) in [6, 6.07) is 24.3. The summed E-state index contributed by atoms with van der Waals surface area (Å²) in [6.07, 6.45) is 0. The van der Waals surface area contributed by atoms with E-state index in [1.807, 2.05) is 71.6 Å². The molecule has 0 aromatic heterocycles. The Labute approximate surface area is 180 Å². The molecule has 0 spiro atoms. The number of benzene rings is 3. The standard InChI is InChI=1S/C24H22ClN3O2/c25-17-12-10-16(11-13-17)23-20-21(18-8-4-5-9-19(18)29)26-27-22(20)24(30)28(23)14-15-6-2-1-3-7-15/h1-13,20-23,26-27,29H,14H2. The first-order chi connectivity index (χ1) is 14.6. The van der Waals surface area contributed by atoms with Crippen LogP contribution < -0.4 is 10.9 Å². The van der Waals surface area contributed by atoms with Gasteiger partial charge in [0.2, 0.25) is 5.91 Å². The fraction of sp³-hybridized carbons (Fsp3) is 0.208. The topological polar surface area (TPSA) is 64.6 Å². The number of phenols is 1. The summed E-state index contributed by atoms with van der Waals surface area (Å²) in [5.41, 5.74) is 9.34. The van der Waals surface area contributed by atoms with Gasteiger partial charge in [0.25, 0.3) is 0 Å². The highest BCUT2D eigenvalue weighted by molar-refractivity contribution is 6.30. The zero-order valence-electron chi connectivity index (χ0n) is 16.2. The number of carbonyl (C=O) groups excluding carboxylic acids is 1. The molecule has 152 valence electrons. The molecule has 5 rings (SSSR count). The van der Waals surface area contributed by atoms with Crippen LogP contribution in [0.2, 0.25) is 5.02 Å². The highest BCUT2D eigenvalue weighted by atomic mass is 35.5. The second-order valence-electron chi connectivity index (χ2n) is 7.83. The SMILES string of the molecule is O=C1C2NNC(c3ccccc3O)C2C(c2ccc(Cl)cc2)N1Cc1ccccc1. The molecule has 5 nitrogen and oxygen atoms in total. The number of fused-ring (bicyclic) bond motifs is 1. The summed E-state index contributed by atoms with van der Waals surface area (Å²) in [5, 5.41) is 11.1. The Kier molecular flexibility index (Phi) is 4.95. The average Bonchev–Trinajstić information content (AvgIpc) is 3.30. The predicted octanol–water partition coefficient (Wildman–Crippen LogP) is 3.96. The summed E-state index contributed by atoms with van der Waals surface area (Å²) < 4.78 is 0. The van der Waals surface area contributed by atoms with E-state index in [9.17, 15) is 9.90 Å². The maximum Gasteiger partial charge on any atom is 0.242 e. The average molecular weight is 420 g/mol. The predicted molar refractivity (Wildman–Crippen MR) is 116 cm³/mol. The van der Waals surface area contributed by atoms with Crippen LogP contribution in [0.4, 0.5) is 0 Å². The van der Waals surface area contributed by atoms with Gasteiger partial charge in [-0.1, -0.05) is 72.3 Å². The number of nitrogens with zero attached hydrogens (tertiary/aromatic N) is 1. The third kappa shape index (κ3) is 3.25. The van der Waals surface area contributed by atoms with Gasteiger partial charge in [-0.2, -0.15) is 0 Å². The summed E-state index contributed by atoms with van der Waals surface area (Å²) in [7, 11) is 0. The largest absolute Gasteiger partial charge is 0.508 e. The van der Waals surface area contributed by atoms with Crippen molar-refractivity contribution in [2.45, 2.75) is 24.7 Å². The Bertz CT molecular complexity index is 1060. The Morgan fingerprint density at radius 3 is 2.27 bits per heavy atom. The molecule has 30 heavy (non-hydrogen) atoms. The van der Waals surface area contributed by atoms with Crippen molar-refractivity contribution >= 4 is 17.5 Å². The number of likely N-dealkylation sites (tertiary alicyclic amines) is 1. The van der Waals surface area contributed by atoms with E-state index >= 15 is 0 Å². The number of aromatic hydroxyl groups is 1. The molecule has 3 N–H and O–H groups in total. The molecule has 1 amide bonds. The molecule has 2 aliphatic heterocycles. The van der Waals surface area contributed by atoms with Gasteiger partial charge in [-0.25, -0.2) is 10.9 Å². The molecule has 4 unspecified atom stereocenters. The summed E-state index contributed by atoms with van der Waals surface area (Å²) in [6.45, 7) is 0.523. The lowest BCUT2D eigenvalue weighted by Crippen LogP contribution is -2.41. The van der Waals surface area contributed by atoms with E-state index < -0.39 is 0 Å². The van der Waals surface area contributed by atoms with Crippen molar-refractivity contribution in [2.75, 3.05) is 0 Å². The number of halogens is 1. The number of para-hydroxylation sites is 1. The van der Waals surface area contributed by atoms with Gasteiger partial charge in [-0.15, -0.1) is 0 Å². The Balaban J connectivity index is 1.58. The number of nitrogens with one attached hydrogen (secondary N) is 2. The molecule has 2 saturated heterocycles. The summed E-state index contributed by atoms with van der Waals surface area (Å²) in [4.78, 5) is 15.4. The van der Waals surface area contributed by atoms with Crippen molar-refractivity contribution in [3.05, 3.63) is 101 Å². The molecule has 6 heteroatoms. The second kappa shape index (κ2) is 7.76. The van der Waals surface area contributed by atoms with E-state index in [2.05, 4.69) is 10.9 Å². The fourth-order valence-corrected chi connectivity index (χ4v) is 4.86. The van der Waals surface area contributed by atoms with Crippen LogP contribution in [-0.4, -0.2) is 22.0 Å². The van der Waals surface area contributed by atoms with E-state index in [4.69, 9.17) is 11.6 Å². The zero-order chi connectivity index (χ0) is 20.7. The van der Waals surface area contributed by atoms with Crippen molar-refractivity contribution in [2.24, 2.45) is 5.92 Å². The minimum atomic E-state index is -0.376. The molecule has 4 atom stereocenters. The van der Waals surface area contributed by atoms with Gasteiger partial charge in [-0.05, 0) is 29.3 Å². The monoisotopic (exact) mass is 419 g/mol. The normalized spacial score (nSPS) is 25.5. The number of hydrazine groups is 1. The molecule has 3 aromatic rings. The van der Waals surface area contributed by atoms with Crippen molar-refractivity contribution in [1.29, 1.82) is 0 Å². The molecule has 2 heterocycles. The van der Waals surface area contributed by atoms with Crippen LogP contribution in [0.1, 0.15) is 28.8 Å². The molecular formula is C24H22ClN3O2. The van der Waals surface area contributed by atoms with E-state index in [1.54, 1.807) is 12.1 Å². The maximum absolute atomic E-state index is 13.4. The van der Waals surface area contributed by atoms with E-state index in [0.29, 0.717) is 11.6 Å². The van der Waals surface area contributed by atoms with E-state index in [-0.39, 0.29) is 35.7 Å². The molecule has 3 aromatic carbocycles. The van der Waals surface area contributed by atoms with Gasteiger partial charge in [0.1, 0.15) is 11.8 Å². The lowest BCUT2D eigenvalue weighted by atomic mass is 9.83. The second-order valence-corrected chi connectivity index (χ2v) is 8.26. The molecule has 0 bridgehead atoms. The third-order valence-electron chi connectivity index (χ3n) is 6.09. The highest BCUT2D eigenvalue weighted by Crippen LogP contribution is 2.49. The van der Waals surface area contributed by atoms with Crippen LogP contribution in [0.5, 0.6) is 5.75 Å². The number of hydrogen-bond donors (Lipinski definition) is 3. The lowest BCUT2D eigenvalue weighted by Gasteiger charge is -2.31. The first-order valence-electron chi connectivity index (χ1n) is 10.0. The van der Waals surface area contributed by atoms with Crippen LogP contribution in [0.25, 0.3) is 0 Å². The molecule has 2 aliphatic rings. The number of carbonyl (C=O) groups is 1. The maximum atomic E-state index is 13.4. The number of hydrogen-bond acceptors (Lipinski definition) is 4. The lowest BCUT2D eigenvalue weighted by molar-refractivity contribution is -0.131. The van der Waals surface area contributed by atoms with Crippen molar-refractivity contribution < 1.29 is 9.90 Å². The molecule has 0 aliphatic carbocycles. The molecule has 2 fully saturated rings. The number of amides is 1. The number of rotatable bonds is 4. The molecule has 0 radical (unpaired) electrons. The van der Waals surface area contributed by atoms with Crippen LogP contribution >= 0.6 is 11.6 Å². The van der Waals surface area contributed by atoms with Gasteiger partial charge in [0.05, 0.1) is 12.1 Å². The van der Waals surface area contributed by atoms with Gasteiger partial charge < -0.3 is 10.0 Å². The Hall–Kier alpha value is -2.86. The van der Waals surface area contributed by atoms with E-state index in [0.717, 1.165) is 16.7 Å². The van der Waals surface area contributed by atoms with Gasteiger partial charge in [-0.3, -0.25) is 4.79 Å². The summed E-state index contributed by atoms with van der Waals surface area (Å²) >= 11 is 6.13. The quantitative estimate of drug-likeness (QED) is 0.599. The first-order valence-corrected chi connectivity index (χ1v) is 10.4. The van der Waals surface area contributed by atoms with Crippen LogP contribution in [0.15, 0.2) is 78.9 Å². The van der Waals surface area contributed by atoms with Crippen LogP contribution in [0.3, 0.4) is 0 Å². The minimum absolute atomic E-state index is 0.0502. The van der Waals surface area contributed by atoms with Gasteiger partial charge in [0.15, 0.2) is 0 Å². The van der Waals surface area contributed by atoms with Gasteiger partial charge >= 0.3 is 0 Å². The van der Waals surface area contributed by atoms with E-state index in [1.165, 1.54) is 0 Å². The van der Waals surface area contributed by atoms with Crippen molar-refractivity contribution in [3.8, 4) is 5.75 Å². The Morgan fingerprint density at radius 2 is 1.53 bits per heavy atom. The van der Waals surface area contributed by atoms with Crippen molar-refractivity contribution in [3.63, 3.8) is 0 Å². The van der Waals surface area contributed by atoms with Crippen LogP contribution in [-0.2, 0) is 11.3 Å². The first kappa shape index (κ1) is 19.1. The fourth-order valence-electron chi connectivity index (χ4n) is 4.73. The zero-order valence-corrected chi connectivity index (χ0v) is 17.0. The van der Waals surface area contributed by atoms with Crippen LogP contribution in [0, 0.1) is 5.92 Å². The van der Waals surface area contributed by atoms with Crippen molar-refractivity contribution in [1.82, 2.24) is 15.8 Å². The Morgan fingerprint density at radius 1 is 0.867 bits per heavy atom. The molecule has 0 saturated carbocycles. The smallest absolute Gasteiger partial charge is 0.242 e. The van der Waals surface area contributed by atoms with Gasteiger partial charge in [0, 0.05) is 23.0 Å². The highest BCUT2D eigenvalue weighted by Gasteiger charge is 2.55. The molecular weight excluding hydrogens is 398 g/mol.